The topological polar surface area (TPSA) is 64.6 Å². The number of alkyl halides is 1. The number of hydrogen-bond acceptors (Lipinski definition) is 7. The van der Waals surface area contributed by atoms with Crippen molar-refractivity contribution in [1.29, 1.82) is 0 Å². The first-order chi connectivity index (χ1) is 11.3. The van der Waals surface area contributed by atoms with Crippen molar-refractivity contribution in [1.82, 2.24) is 0 Å². The molecule has 3 aliphatic heterocycles. The zero-order valence-corrected chi connectivity index (χ0v) is 15.4. The lowest BCUT2D eigenvalue weighted by Crippen LogP contribution is -2.44. The van der Waals surface area contributed by atoms with Crippen molar-refractivity contribution in [2.75, 3.05) is 32.3 Å². The van der Waals surface area contributed by atoms with Gasteiger partial charge in [-0.15, -0.1) is 11.6 Å². The standard InChI is InChI=1S/C16H27ClO7/c1-15(2)20-9-10(22-15)11-12(19-8-7-18-6-5-17)13-14(21-11)24-16(3,4)23-13/h10-14H,5-9H2,1-4H3/t10-,11-,12+,13-,14-/m1/s1. The average Bonchev–Trinajstić information content (AvgIpc) is 3.09. The van der Waals surface area contributed by atoms with Crippen molar-refractivity contribution in [3.8, 4) is 0 Å². The van der Waals surface area contributed by atoms with Crippen LogP contribution in [0.2, 0.25) is 0 Å². The third-order valence-corrected chi connectivity index (χ3v) is 4.34. The fourth-order valence-electron chi connectivity index (χ4n) is 3.27. The second-order valence-electron chi connectivity index (χ2n) is 7.07. The maximum absolute atomic E-state index is 6.05. The molecule has 0 aromatic rings. The Morgan fingerprint density at radius 2 is 1.75 bits per heavy atom. The second kappa shape index (κ2) is 7.32. The first kappa shape index (κ1) is 18.8. The van der Waals surface area contributed by atoms with Crippen molar-refractivity contribution < 1.29 is 33.2 Å². The Labute approximate surface area is 147 Å². The van der Waals surface area contributed by atoms with Crippen LogP contribution in [0.15, 0.2) is 0 Å². The summed E-state index contributed by atoms with van der Waals surface area (Å²) in [6, 6.07) is 0. The van der Waals surface area contributed by atoms with Gasteiger partial charge in [0, 0.05) is 5.88 Å². The molecule has 3 heterocycles. The molecule has 3 saturated heterocycles. The van der Waals surface area contributed by atoms with Gasteiger partial charge in [-0.1, -0.05) is 0 Å². The van der Waals surface area contributed by atoms with E-state index in [1.165, 1.54) is 0 Å². The molecule has 7 nitrogen and oxygen atoms in total. The summed E-state index contributed by atoms with van der Waals surface area (Å²) in [7, 11) is 0. The fourth-order valence-corrected chi connectivity index (χ4v) is 3.38. The van der Waals surface area contributed by atoms with Gasteiger partial charge in [0.2, 0.25) is 0 Å². The van der Waals surface area contributed by atoms with Crippen LogP contribution < -0.4 is 0 Å². The van der Waals surface area contributed by atoms with Crippen LogP contribution in [0.3, 0.4) is 0 Å². The molecule has 0 aliphatic carbocycles. The smallest absolute Gasteiger partial charge is 0.190 e. The lowest BCUT2D eigenvalue weighted by molar-refractivity contribution is -0.236. The number of fused-ring (bicyclic) bond motifs is 1. The zero-order valence-electron chi connectivity index (χ0n) is 14.7. The summed E-state index contributed by atoms with van der Waals surface area (Å²) in [5.41, 5.74) is 0. The SMILES string of the molecule is CC1(C)O[C@H]2O[C@H]([C@H]3COC(C)(C)O3)[C@H](OCCOCCCl)[C@H]2O1. The fraction of sp³-hybridized carbons (Fsp3) is 1.00. The predicted molar refractivity (Wildman–Crippen MR) is 84.9 cm³/mol. The number of halogens is 1. The van der Waals surface area contributed by atoms with E-state index in [1.807, 2.05) is 27.7 Å². The first-order valence-corrected chi connectivity index (χ1v) is 8.93. The van der Waals surface area contributed by atoms with Crippen molar-refractivity contribution >= 4 is 11.6 Å². The van der Waals surface area contributed by atoms with E-state index in [2.05, 4.69) is 0 Å². The molecule has 0 unspecified atom stereocenters. The van der Waals surface area contributed by atoms with Gasteiger partial charge in [-0.25, -0.2) is 0 Å². The van der Waals surface area contributed by atoms with Gasteiger partial charge in [0.25, 0.3) is 0 Å². The zero-order chi connectivity index (χ0) is 17.4. The Bertz CT molecular complexity index is 431. The maximum atomic E-state index is 6.05. The molecule has 8 heteroatoms. The molecule has 0 bridgehead atoms. The molecule has 3 rings (SSSR count). The molecule has 140 valence electrons. The lowest BCUT2D eigenvalue weighted by Gasteiger charge is -2.29. The summed E-state index contributed by atoms with van der Waals surface area (Å²) in [5.74, 6) is -0.850. The second-order valence-corrected chi connectivity index (χ2v) is 7.45. The summed E-state index contributed by atoms with van der Waals surface area (Å²) < 4.78 is 40.8. The molecule has 24 heavy (non-hydrogen) atoms. The van der Waals surface area contributed by atoms with Crippen LogP contribution in [0.1, 0.15) is 27.7 Å². The highest BCUT2D eigenvalue weighted by molar-refractivity contribution is 6.17. The van der Waals surface area contributed by atoms with Crippen LogP contribution in [-0.2, 0) is 33.2 Å². The van der Waals surface area contributed by atoms with Crippen LogP contribution in [0, 0.1) is 0 Å². The molecule has 0 radical (unpaired) electrons. The van der Waals surface area contributed by atoms with E-state index in [0.717, 1.165) is 0 Å². The van der Waals surface area contributed by atoms with E-state index in [4.69, 9.17) is 44.8 Å². The van der Waals surface area contributed by atoms with E-state index in [-0.39, 0.29) is 24.4 Å². The molecular weight excluding hydrogens is 340 g/mol. The van der Waals surface area contributed by atoms with Crippen LogP contribution >= 0.6 is 11.6 Å². The van der Waals surface area contributed by atoms with E-state index >= 15 is 0 Å². The van der Waals surface area contributed by atoms with Gasteiger partial charge in [-0.2, -0.15) is 0 Å². The number of hydrogen-bond donors (Lipinski definition) is 0. The molecule has 3 fully saturated rings. The summed E-state index contributed by atoms with van der Waals surface area (Å²) in [5, 5.41) is 0. The summed E-state index contributed by atoms with van der Waals surface area (Å²) >= 11 is 5.60. The highest BCUT2D eigenvalue weighted by atomic mass is 35.5. The quantitative estimate of drug-likeness (QED) is 0.501. The lowest BCUT2D eigenvalue weighted by atomic mass is 10.1. The first-order valence-electron chi connectivity index (χ1n) is 8.39. The van der Waals surface area contributed by atoms with Crippen LogP contribution in [0.4, 0.5) is 0 Å². The molecule has 0 saturated carbocycles. The normalized spacial score (nSPS) is 40.1. The minimum Gasteiger partial charge on any atom is -0.378 e. The molecular formula is C16H27ClO7. The number of rotatable bonds is 7. The molecule has 0 spiro atoms. The molecule has 0 aromatic carbocycles. The van der Waals surface area contributed by atoms with Gasteiger partial charge in [0.05, 0.1) is 26.4 Å². The van der Waals surface area contributed by atoms with Crippen LogP contribution in [-0.4, -0.2) is 74.6 Å². The van der Waals surface area contributed by atoms with E-state index in [1.54, 1.807) is 0 Å². The van der Waals surface area contributed by atoms with E-state index < -0.39 is 17.9 Å². The van der Waals surface area contributed by atoms with Gasteiger partial charge in [0.15, 0.2) is 17.9 Å². The Hall–Kier alpha value is 0.01000. The van der Waals surface area contributed by atoms with Gasteiger partial charge in [0.1, 0.15) is 24.4 Å². The van der Waals surface area contributed by atoms with Gasteiger partial charge < -0.3 is 33.2 Å². The Morgan fingerprint density at radius 3 is 2.42 bits per heavy atom. The summed E-state index contributed by atoms with van der Waals surface area (Å²) in [6.07, 6.45) is -1.61. The number of ether oxygens (including phenoxy) is 7. The minimum atomic E-state index is -0.691. The highest BCUT2D eigenvalue weighted by Gasteiger charge is 2.58. The summed E-state index contributed by atoms with van der Waals surface area (Å²) in [4.78, 5) is 0. The van der Waals surface area contributed by atoms with Crippen LogP contribution in [0.25, 0.3) is 0 Å². The molecule has 0 amide bonds. The van der Waals surface area contributed by atoms with Crippen molar-refractivity contribution in [2.24, 2.45) is 0 Å². The predicted octanol–water partition coefficient (Wildman–Crippen LogP) is 1.65. The third-order valence-electron chi connectivity index (χ3n) is 4.18. The van der Waals surface area contributed by atoms with E-state index in [0.29, 0.717) is 32.3 Å². The van der Waals surface area contributed by atoms with Gasteiger partial charge in [-0.3, -0.25) is 0 Å². The van der Waals surface area contributed by atoms with Gasteiger partial charge >= 0.3 is 0 Å². The van der Waals surface area contributed by atoms with Crippen molar-refractivity contribution in [3.63, 3.8) is 0 Å². The van der Waals surface area contributed by atoms with Crippen LogP contribution in [0.5, 0.6) is 0 Å². The monoisotopic (exact) mass is 366 g/mol. The highest BCUT2D eigenvalue weighted by Crippen LogP contribution is 2.41. The Morgan fingerprint density at radius 1 is 0.958 bits per heavy atom. The minimum absolute atomic E-state index is 0.227. The van der Waals surface area contributed by atoms with Crippen molar-refractivity contribution in [3.05, 3.63) is 0 Å². The van der Waals surface area contributed by atoms with E-state index in [9.17, 15) is 0 Å². The van der Waals surface area contributed by atoms with Gasteiger partial charge in [-0.05, 0) is 27.7 Å². The Balaban J connectivity index is 1.62. The average molecular weight is 367 g/mol. The largest absolute Gasteiger partial charge is 0.378 e. The van der Waals surface area contributed by atoms with Crippen molar-refractivity contribution in [2.45, 2.75) is 70.0 Å². The molecule has 0 aromatic heterocycles. The molecule has 0 N–H and O–H groups in total. The molecule has 5 atom stereocenters. The summed E-state index contributed by atoms with van der Waals surface area (Å²) in [6.45, 7) is 9.33. The Kier molecular flexibility index (Phi) is 5.74. The maximum Gasteiger partial charge on any atom is 0.190 e. The molecule has 3 aliphatic rings. The third kappa shape index (κ3) is 4.22.